The van der Waals surface area contributed by atoms with Crippen LogP contribution in [0.5, 0.6) is 0 Å². The fourth-order valence-electron chi connectivity index (χ4n) is 0.596. The fraction of sp³-hybridized carbons (Fsp3) is 0.833. The van der Waals surface area contributed by atoms with Crippen LogP contribution in [-0.4, -0.2) is 43.1 Å². The van der Waals surface area contributed by atoms with Gasteiger partial charge >= 0.3 is 5.97 Å². The highest BCUT2D eigenvalue weighted by Crippen LogP contribution is 1.93. The molecule has 0 aromatic rings. The third-order valence-electron chi connectivity index (χ3n) is 1.29. The number of thiol groups is 1. The molecule has 6 nitrogen and oxygen atoms in total. The lowest BCUT2D eigenvalue weighted by molar-refractivity contribution is -0.144. The van der Waals surface area contributed by atoms with E-state index in [9.17, 15) is 13.2 Å². The Hall–Kier alpha value is -0.310. The van der Waals surface area contributed by atoms with E-state index in [-0.39, 0.29) is 18.8 Å². The maximum absolute atomic E-state index is 10.9. The predicted octanol–water partition coefficient (Wildman–Crippen LogP) is -0.935. The number of esters is 1. The summed E-state index contributed by atoms with van der Waals surface area (Å²) in [5.74, 6) is -0.900. The molecule has 0 saturated carbocycles. The number of carbonyl (C=O) groups is 1. The minimum Gasteiger partial charge on any atom is -0.464 e. The molecule has 84 valence electrons. The summed E-state index contributed by atoms with van der Waals surface area (Å²) in [6.45, 7) is -0.0832. The molecule has 0 spiro atoms. The maximum Gasteiger partial charge on any atom is 0.323 e. The Balaban J connectivity index is 3.61. The summed E-state index contributed by atoms with van der Waals surface area (Å²) in [7, 11) is -3.99. The van der Waals surface area contributed by atoms with E-state index in [1.54, 1.807) is 0 Å². The van der Waals surface area contributed by atoms with Crippen LogP contribution in [0.15, 0.2) is 0 Å². The average molecular weight is 243 g/mol. The first-order chi connectivity index (χ1) is 6.37. The normalized spacial score (nSPS) is 13.6. The molecule has 0 aliphatic carbocycles. The highest BCUT2D eigenvalue weighted by Gasteiger charge is 2.13. The molecule has 0 aliphatic rings. The second-order valence-electron chi connectivity index (χ2n) is 2.60. The molecule has 0 aromatic heterocycles. The van der Waals surface area contributed by atoms with Gasteiger partial charge in [0.05, 0.1) is 12.4 Å². The van der Waals surface area contributed by atoms with Crippen molar-refractivity contribution < 1.29 is 22.5 Å². The molecule has 0 heterocycles. The molecule has 0 amide bonds. The Kier molecular flexibility index (Phi) is 6.09. The Morgan fingerprint density at radius 3 is 2.57 bits per heavy atom. The van der Waals surface area contributed by atoms with E-state index in [2.05, 4.69) is 17.4 Å². The number of hydrogen-bond acceptors (Lipinski definition) is 6. The number of nitrogens with two attached hydrogens (primary N) is 1. The molecule has 8 heteroatoms. The quantitative estimate of drug-likeness (QED) is 0.241. The monoisotopic (exact) mass is 243 g/mol. The second-order valence-corrected chi connectivity index (χ2v) is 4.53. The van der Waals surface area contributed by atoms with Crippen LogP contribution in [0.4, 0.5) is 0 Å². The Morgan fingerprint density at radius 1 is 1.57 bits per heavy atom. The van der Waals surface area contributed by atoms with Gasteiger partial charge in [0.1, 0.15) is 6.04 Å². The molecule has 3 N–H and O–H groups in total. The third kappa shape index (κ3) is 7.13. The van der Waals surface area contributed by atoms with Crippen LogP contribution >= 0.6 is 12.6 Å². The van der Waals surface area contributed by atoms with E-state index < -0.39 is 27.9 Å². The molecular weight excluding hydrogens is 230 g/mol. The van der Waals surface area contributed by atoms with Gasteiger partial charge in [0.15, 0.2) is 0 Å². The summed E-state index contributed by atoms with van der Waals surface area (Å²) in [5.41, 5.74) is 5.27. The zero-order valence-corrected chi connectivity index (χ0v) is 9.13. The van der Waals surface area contributed by atoms with E-state index in [4.69, 9.17) is 10.3 Å². The molecule has 14 heavy (non-hydrogen) atoms. The Morgan fingerprint density at radius 2 is 2.14 bits per heavy atom. The molecule has 0 bridgehead atoms. The first-order valence-electron chi connectivity index (χ1n) is 3.85. The van der Waals surface area contributed by atoms with Gasteiger partial charge in [-0.25, -0.2) is 0 Å². The van der Waals surface area contributed by atoms with Gasteiger partial charge in [-0.05, 0) is 6.42 Å². The van der Waals surface area contributed by atoms with Gasteiger partial charge in [0.2, 0.25) is 0 Å². The summed E-state index contributed by atoms with van der Waals surface area (Å²) in [5, 5.41) is 0. The molecule has 0 aromatic carbocycles. The standard InChI is InChI=1S/C6H13NO5S2/c7-5(4-13)6(8)12-2-1-3-14(9,10)11/h5,13H,1-4,7H2,(H,9,10,11)/t5-/m0/s1. The topological polar surface area (TPSA) is 107 Å². The molecule has 0 radical (unpaired) electrons. The summed E-state index contributed by atoms with van der Waals surface area (Å²) >= 11 is 3.78. The van der Waals surface area contributed by atoms with Gasteiger partial charge in [-0.2, -0.15) is 21.0 Å². The summed E-state index contributed by atoms with van der Waals surface area (Å²) in [6, 6.07) is -0.802. The molecular formula is C6H13NO5S2. The first kappa shape index (κ1) is 13.7. The van der Waals surface area contributed by atoms with E-state index in [0.717, 1.165) is 0 Å². The van der Waals surface area contributed by atoms with Crippen LogP contribution in [0.25, 0.3) is 0 Å². The average Bonchev–Trinajstić information content (AvgIpc) is 2.09. The van der Waals surface area contributed by atoms with Crippen LogP contribution in [0, 0.1) is 0 Å². The summed E-state index contributed by atoms with van der Waals surface area (Å²) < 4.78 is 33.4. The molecule has 0 fully saturated rings. The Bertz CT molecular complexity index is 276. The number of hydrogen-bond donors (Lipinski definition) is 3. The van der Waals surface area contributed by atoms with Crippen molar-refractivity contribution in [3.63, 3.8) is 0 Å². The fourth-order valence-corrected chi connectivity index (χ4v) is 1.23. The zero-order chi connectivity index (χ0) is 11.2. The van der Waals surface area contributed by atoms with Gasteiger partial charge in [-0.3, -0.25) is 9.35 Å². The second kappa shape index (κ2) is 6.23. The van der Waals surface area contributed by atoms with Gasteiger partial charge in [0, 0.05) is 5.75 Å². The first-order valence-corrected chi connectivity index (χ1v) is 6.09. The Labute approximate surface area is 88.0 Å². The molecule has 0 rings (SSSR count). The minimum atomic E-state index is -3.99. The third-order valence-corrected chi connectivity index (χ3v) is 2.49. The van der Waals surface area contributed by atoms with Crippen LogP contribution in [0.2, 0.25) is 0 Å². The van der Waals surface area contributed by atoms with Crippen molar-refractivity contribution in [2.24, 2.45) is 5.73 Å². The summed E-state index contributed by atoms with van der Waals surface area (Å²) in [6.07, 6.45) is 0.0455. The minimum absolute atomic E-state index is 0.0455. The highest BCUT2D eigenvalue weighted by atomic mass is 32.2. The van der Waals surface area contributed by atoms with Gasteiger partial charge in [-0.1, -0.05) is 0 Å². The van der Waals surface area contributed by atoms with Crippen molar-refractivity contribution in [2.45, 2.75) is 12.5 Å². The van der Waals surface area contributed by atoms with E-state index in [1.165, 1.54) is 0 Å². The van der Waals surface area contributed by atoms with Crippen molar-refractivity contribution in [3.8, 4) is 0 Å². The highest BCUT2D eigenvalue weighted by molar-refractivity contribution is 7.85. The SMILES string of the molecule is N[C@@H](CS)C(=O)OCCCS(=O)(=O)O. The lowest BCUT2D eigenvalue weighted by Crippen LogP contribution is -2.34. The van der Waals surface area contributed by atoms with Gasteiger partial charge < -0.3 is 10.5 Å². The number of carbonyl (C=O) groups excluding carboxylic acids is 1. The molecule has 0 aliphatic heterocycles. The van der Waals surface area contributed by atoms with E-state index >= 15 is 0 Å². The number of ether oxygens (including phenoxy) is 1. The molecule has 1 atom stereocenters. The van der Waals surface area contributed by atoms with Crippen molar-refractivity contribution in [1.82, 2.24) is 0 Å². The molecule has 0 saturated heterocycles. The van der Waals surface area contributed by atoms with Gasteiger partial charge in [-0.15, -0.1) is 0 Å². The van der Waals surface area contributed by atoms with Crippen LogP contribution < -0.4 is 5.73 Å². The summed E-state index contributed by atoms with van der Waals surface area (Å²) in [4.78, 5) is 10.9. The predicted molar refractivity (Wildman–Crippen MR) is 53.8 cm³/mol. The molecule has 0 unspecified atom stereocenters. The maximum atomic E-state index is 10.9. The lowest BCUT2D eigenvalue weighted by atomic mass is 10.4. The van der Waals surface area contributed by atoms with Crippen molar-refractivity contribution >= 4 is 28.7 Å². The zero-order valence-electron chi connectivity index (χ0n) is 7.42. The van der Waals surface area contributed by atoms with Crippen LogP contribution in [-0.2, 0) is 19.6 Å². The van der Waals surface area contributed by atoms with E-state index in [0.29, 0.717) is 0 Å². The van der Waals surface area contributed by atoms with Crippen molar-refractivity contribution in [1.29, 1.82) is 0 Å². The number of rotatable bonds is 6. The largest absolute Gasteiger partial charge is 0.464 e. The van der Waals surface area contributed by atoms with E-state index in [1.807, 2.05) is 0 Å². The smallest absolute Gasteiger partial charge is 0.323 e. The van der Waals surface area contributed by atoms with Gasteiger partial charge in [0.25, 0.3) is 10.1 Å². The van der Waals surface area contributed by atoms with Crippen molar-refractivity contribution in [2.75, 3.05) is 18.1 Å². The lowest BCUT2D eigenvalue weighted by Gasteiger charge is -2.07. The van der Waals surface area contributed by atoms with Crippen LogP contribution in [0.1, 0.15) is 6.42 Å². The van der Waals surface area contributed by atoms with Crippen LogP contribution in [0.3, 0.4) is 0 Å². The van der Waals surface area contributed by atoms with Crippen molar-refractivity contribution in [3.05, 3.63) is 0 Å².